The van der Waals surface area contributed by atoms with E-state index in [4.69, 9.17) is 42.6 Å². The summed E-state index contributed by atoms with van der Waals surface area (Å²) in [5.41, 5.74) is 9.61. The van der Waals surface area contributed by atoms with E-state index in [0.29, 0.717) is 18.9 Å². The zero-order chi connectivity index (χ0) is 42.4. The fourth-order valence-corrected chi connectivity index (χ4v) is 9.92. The number of hydrogen-bond acceptors (Lipinski definition) is 11. The molecule has 15 heteroatoms. The maximum Gasteiger partial charge on any atom is 0.184 e. The van der Waals surface area contributed by atoms with Crippen LogP contribution in [0.15, 0.2) is 5.11 Å². The van der Waals surface area contributed by atoms with Crippen LogP contribution in [0, 0.1) is 53.3 Å². The zero-order valence-electron chi connectivity index (χ0n) is 38.4. The Morgan fingerprint density at radius 3 is 1.90 bits per heavy atom. The first-order valence-electron chi connectivity index (χ1n) is 22.0. The van der Waals surface area contributed by atoms with Crippen LogP contribution in [0.5, 0.6) is 0 Å². The van der Waals surface area contributed by atoms with Crippen molar-refractivity contribution in [2.45, 2.75) is 195 Å². The SMILES string of the molecule is CCC1O[C@H](OC2C(C)[C@H](C)[C@H]([C@@H](C)CC)O[C@@H]2O[C@@H]2C(C)[C@@H](O[C@@H]3C(C)C[C@@](C)(O)OC3[C@H]3COCO3)OC([C@@H](C)CC)[C@H]2C)[C@H](N=[N+]=[N-])C(C)[C@@H]1C.C[N-]C.[Y]. The van der Waals surface area contributed by atoms with Crippen molar-refractivity contribution in [2.24, 2.45) is 58.4 Å². The molecule has 0 aromatic carbocycles. The summed E-state index contributed by atoms with van der Waals surface area (Å²) >= 11 is 0. The second kappa shape index (κ2) is 23.6. The van der Waals surface area contributed by atoms with Crippen molar-refractivity contribution in [3.05, 3.63) is 15.8 Å². The quantitative estimate of drug-likeness (QED) is 0.108. The van der Waals surface area contributed by atoms with E-state index in [1.165, 1.54) is 0 Å². The molecule has 5 heterocycles. The van der Waals surface area contributed by atoms with Crippen molar-refractivity contribution in [1.82, 2.24) is 0 Å². The predicted molar refractivity (Wildman–Crippen MR) is 218 cm³/mol. The average Bonchev–Trinajstić information content (AvgIpc) is 3.72. The van der Waals surface area contributed by atoms with Gasteiger partial charge in [-0.3, -0.25) is 0 Å². The second-order valence-electron chi connectivity index (χ2n) is 18.4. The van der Waals surface area contributed by atoms with Crippen LogP contribution in [-0.2, 0) is 75.3 Å². The summed E-state index contributed by atoms with van der Waals surface area (Å²) in [7, 11) is 3.50. The third-order valence-corrected chi connectivity index (χ3v) is 14.1. The van der Waals surface area contributed by atoms with Gasteiger partial charge in [-0.25, -0.2) is 0 Å². The van der Waals surface area contributed by atoms with Crippen LogP contribution in [0.25, 0.3) is 15.8 Å². The van der Waals surface area contributed by atoms with Crippen LogP contribution in [0.1, 0.15) is 116 Å². The Bertz CT molecular complexity index is 1260. The van der Waals surface area contributed by atoms with Gasteiger partial charge in [-0.05, 0) is 60.3 Å². The van der Waals surface area contributed by atoms with E-state index >= 15 is 0 Å². The Balaban J connectivity index is 0.00000218. The molecular weight excluding hydrogens is 821 g/mol. The van der Waals surface area contributed by atoms with Gasteiger partial charge in [0.2, 0.25) is 0 Å². The van der Waals surface area contributed by atoms with Crippen LogP contribution < -0.4 is 0 Å². The van der Waals surface area contributed by atoms with E-state index < -0.39 is 49.0 Å². The van der Waals surface area contributed by atoms with Gasteiger partial charge in [-0.1, -0.05) is 101 Å². The molecule has 0 spiro atoms. The van der Waals surface area contributed by atoms with Gasteiger partial charge in [0.1, 0.15) is 25.1 Å². The largest absolute Gasteiger partial charge is 0.668 e. The van der Waals surface area contributed by atoms with Crippen molar-refractivity contribution < 1.29 is 80.4 Å². The van der Waals surface area contributed by atoms with Gasteiger partial charge in [0.25, 0.3) is 0 Å². The van der Waals surface area contributed by atoms with Crippen LogP contribution in [0.2, 0.25) is 0 Å². The fourth-order valence-electron chi connectivity index (χ4n) is 9.92. The molecule has 0 aromatic heterocycles. The molecule has 5 aliphatic heterocycles. The molecule has 5 rings (SSSR count). The van der Waals surface area contributed by atoms with Gasteiger partial charge in [0.05, 0.1) is 43.2 Å². The molecule has 22 atom stereocenters. The average molecular weight is 901 g/mol. The first-order valence-corrected chi connectivity index (χ1v) is 22.0. The van der Waals surface area contributed by atoms with Gasteiger partial charge < -0.3 is 53.1 Å². The second-order valence-corrected chi connectivity index (χ2v) is 18.4. The standard InChI is InChI=1S/C41H73N3O10.C2H6N.Y/c1-14-20(4)32-25(9)26(10)36(53-39-31(43-44-42)24(8)23(7)29(16-3)48-39)40(50-32)52-35-27(11)33(21(5)15-2)49-38(28(35)12)51-34-22(6)17-41(13,45)54-37(34)30-18-46-19-47-30;1-3-2;/h20-40,45H,14-19H2,1-13H3;1-2H3;/q;-1;/t20-,21-,22?,23-,24?,25-,26?,27+,28?,29?,30+,31+,32-,33?,34+,35-,36?,37?,38+,39+,40+,41-;;/m0../s1. The summed E-state index contributed by atoms with van der Waals surface area (Å²) in [4.78, 5) is 3.22. The van der Waals surface area contributed by atoms with Crippen molar-refractivity contribution >= 4 is 0 Å². The topological polar surface area (TPSA) is 166 Å². The Labute approximate surface area is 375 Å². The third-order valence-electron chi connectivity index (χ3n) is 14.1. The summed E-state index contributed by atoms with van der Waals surface area (Å²) in [6.07, 6.45) is -1.27. The summed E-state index contributed by atoms with van der Waals surface area (Å²) < 4.78 is 59.6. The summed E-state index contributed by atoms with van der Waals surface area (Å²) in [6.45, 7) is 28.4. The van der Waals surface area contributed by atoms with E-state index in [-0.39, 0.29) is 117 Å². The van der Waals surface area contributed by atoms with Gasteiger partial charge in [0.15, 0.2) is 24.7 Å². The summed E-state index contributed by atoms with van der Waals surface area (Å²) in [5.74, 6) is -0.509. The molecule has 0 aliphatic carbocycles. The van der Waals surface area contributed by atoms with Gasteiger partial charge in [-0.2, -0.15) is 14.1 Å². The van der Waals surface area contributed by atoms with Gasteiger partial charge >= 0.3 is 0 Å². The molecule has 14 nitrogen and oxygen atoms in total. The van der Waals surface area contributed by atoms with E-state index in [0.717, 1.165) is 19.3 Å². The normalized spacial score (nSPS) is 46.8. The number of nitrogens with zero attached hydrogens (tertiary/aromatic N) is 4. The number of rotatable bonds is 13. The van der Waals surface area contributed by atoms with E-state index in [2.05, 4.69) is 98.4 Å². The first-order chi connectivity index (χ1) is 27.0. The molecule has 0 bridgehead atoms. The first kappa shape index (κ1) is 52.3. The predicted octanol–water partition coefficient (Wildman–Crippen LogP) is 8.44. The maximum absolute atomic E-state index is 11.0. The van der Waals surface area contributed by atoms with Gasteiger partial charge in [0, 0.05) is 55.9 Å². The van der Waals surface area contributed by atoms with Crippen molar-refractivity contribution in [3.8, 4) is 0 Å². The summed E-state index contributed by atoms with van der Waals surface area (Å²) in [6, 6.07) is -0.487. The molecule has 0 amide bonds. The van der Waals surface area contributed by atoms with Crippen molar-refractivity contribution in [2.75, 3.05) is 27.5 Å². The molecule has 1 N–H and O–H groups in total. The zero-order valence-corrected chi connectivity index (χ0v) is 41.2. The minimum atomic E-state index is -1.31. The molecule has 58 heavy (non-hydrogen) atoms. The molecule has 8 unspecified atom stereocenters. The van der Waals surface area contributed by atoms with Crippen LogP contribution in [0.4, 0.5) is 0 Å². The van der Waals surface area contributed by atoms with E-state index in [9.17, 15) is 10.6 Å². The molecule has 0 aromatic rings. The van der Waals surface area contributed by atoms with Crippen LogP contribution in [0.3, 0.4) is 0 Å². The maximum atomic E-state index is 11.0. The molecule has 5 aliphatic rings. The monoisotopic (exact) mass is 900 g/mol. The van der Waals surface area contributed by atoms with E-state index in [1.54, 1.807) is 21.0 Å². The molecule has 0 saturated carbocycles. The number of azide groups is 1. The molecular formula is C43H79N4O10Y-. The number of aliphatic hydroxyl groups is 1. The molecule has 335 valence electrons. The third kappa shape index (κ3) is 12.2. The molecule has 1 radical (unpaired) electrons. The Morgan fingerprint density at radius 2 is 1.34 bits per heavy atom. The Hall–Kier alpha value is -0.0261. The minimum absolute atomic E-state index is 0. The van der Waals surface area contributed by atoms with Crippen LogP contribution in [-0.4, -0.2) is 112 Å². The molecule has 5 saturated heterocycles. The Morgan fingerprint density at radius 1 is 0.776 bits per heavy atom. The van der Waals surface area contributed by atoms with Crippen molar-refractivity contribution in [1.29, 1.82) is 0 Å². The van der Waals surface area contributed by atoms with Crippen LogP contribution >= 0.6 is 0 Å². The number of ether oxygens (including phenoxy) is 9. The number of hydrogen-bond donors (Lipinski definition) is 1. The molecule has 5 fully saturated rings. The van der Waals surface area contributed by atoms with E-state index in [1.807, 2.05) is 0 Å². The fraction of sp³-hybridized carbons (Fsp3) is 1.00. The van der Waals surface area contributed by atoms with Gasteiger partial charge in [-0.15, -0.1) is 0 Å². The minimum Gasteiger partial charge on any atom is -0.668 e. The smallest absolute Gasteiger partial charge is 0.184 e. The Kier molecular flexibility index (Phi) is 21.3. The summed E-state index contributed by atoms with van der Waals surface area (Å²) in [5, 5.41) is 18.8. The van der Waals surface area contributed by atoms with Crippen molar-refractivity contribution in [3.63, 3.8) is 0 Å².